The second kappa shape index (κ2) is 6.86. The number of hydrogen-bond acceptors (Lipinski definition) is 4. The summed E-state index contributed by atoms with van der Waals surface area (Å²) in [6, 6.07) is 4.56. The lowest BCUT2D eigenvalue weighted by atomic mass is 9.81. The van der Waals surface area contributed by atoms with E-state index in [4.69, 9.17) is 5.84 Å². The van der Waals surface area contributed by atoms with Crippen molar-refractivity contribution in [1.29, 1.82) is 0 Å². The molecule has 0 amide bonds. The highest BCUT2D eigenvalue weighted by Crippen LogP contribution is 2.40. The van der Waals surface area contributed by atoms with Gasteiger partial charge in [0.1, 0.15) is 0 Å². The molecule has 0 radical (unpaired) electrons. The SMILES string of the molecule is NNC(Cc1ccncc1)C1(N2CCCCC2)CCCC1. The van der Waals surface area contributed by atoms with Crippen molar-refractivity contribution in [2.75, 3.05) is 13.1 Å². The molecule has 1 aromatic heterocycles. The van der Waals surface area contributed by atoms with E-state index in [1.807, 2.05) is 12.4 Å². The van der Waals surface area contributed by atoms with Gasteiger partial charge in [-0.2, -0.15) is 0 Å². The topological polar surface area (TPSA) is 54.2 Å². The van der Waals surface area contributed by atoms with Gasteiger partial charge in [-0.25, -0.2) is 0 Å². The van der Waals surface area contributed by atoms with Gasteiger partial charge in [-0.3, -0.25) is 21.2 Å². The first-order valence-corrected chi connectivity index (χ1v) is 8.45. The fourth-order valence-corrected chi connectivity index (χ4v) is 4.37. The van der Waals surface area contributed by atoms with Crippen molar-refractivity contribution in [3.8, 4) is 0 Å². The lowest BCUT2D eigenvalue weighted by molar-refractivity contribution is 0.0366. The maximum Gasteiger partial charge on any atom is 0.0435 e. The number of hydrazine groups is 1. The minimum absolute atomic E-state index is 0.262. The zero-order valence-electron chi connectivity index (χ0n) is 12.9. The Kier molecular flexibility index (Phi) is 4.88. The van der Waals surface area contributed by atoms with Crippen molar-refractivity contribution in [3.63, 3.8) is 0 Å². The van der Waals surface area contributed by atoms with Crippen molar-refractivity contribution < 1.29 is 0 Å². The molecule has 1 saturated carbocycles. The average Bonchev–Trinajstić information content (AvgIpc) is 3.05. The Morgan fingerprint density at radius 2 is 1.76 bits per heavy atom. The molecule has 0 spiro atoms. The van der Waals surface area contributed by atoms with Gasteiger partial charge in [0.25, 0.3) is 0 Å². The highest BCUT2D eigenvalue weighted by Gasteiger charge is 2.45. The van der Waals surface area contributed by atoms with Crippen molar-refractivity contribution >= 4 is 0 Å². The maximum atomic E-state index is 6.00. The third kappa shape index (κ3) is 3.12. The first kappa shape index (κ1) is 14.9. The van der Waals surface area contributed by atoms with Gasteiger partial charge < -0.3 is 0 Å². The second-order valence-electron chi connectivity index (χ2n) is 6.64. The van der Waals surface area contributed by atoms with Crippen LogP contribution in [0.2, 0.25) is 0 Å². The van der Waals surface area contributed by atoms with Crippen LogP contribution in [0.5, 0.6) is 0 Å². The molecule has 0 aromatic carbocycles. The number of likely N-dealkylation sites (tertiary alicyclic amines) is 1. The van der Waals surface area contributed by atoms with E-state index >= 15 is 0 Å². The molecule has 3 N–H and O–H groups in total. The number of pyridine rings is 1. The molecule has 1 unspecified atom stereocenters. The summed E-state index contributed by atoms with van der Waals surface area (Å²) >= 11 is 0. The Hall–Kier alpha value is -0.970. The van der Waals surface area contributed by atoms with Crippen molar-refractivity contribution in [2.24, 2.45) is 5.84 Å². The van der Waals surface area contributed by atoms with Crippen LogP contribution in [0.25, 0.3) is 0 Å². The van der Waals surface area contributed by atoms with Gasteiger partial charge >= 0.3 is 0 Å². The summed E-state index contributed by atoms with van der Waals surface area (Å²) in [5.74, 6) is 6.00. The summed E-state index contributed by atoms with van der Waals surface area (Å²) in [5, 5.41) is 0. The van der Waals surface area contributed by atoms with E-state index in [0.717, 1.165) is 6.42 Å². The molecule has 2 fully saturated rings. The molecule has 1 aliphatic heterocycles. The number of piperidine rings is 1. The van der Waals surface area contributed by atoms with Crippen LogP contribution in [0, 0.1) is 0 Å². The zero-order valence-corrected chi connectivity index (χ0v) is 12.9. The normalized spacial score (nSPS) is 24.0. The fraction of sp³-hybridized carbons (Fsp3) is 0.706. The molecule has 3 rings (SSSR count). The van der Waals surface area contributed by atoms with Gasteiger partial charge in [-0.05, 0) is 62.9 Å². The maximum absolute atomic E-state index is 6.00. The van der Waals surface area contributed by atoms with Crippen LogP contribution in [-0.2, 0) is 6.42 Å². The van der Waals surface area contributed by atoms with Gasteiger partial charge in [0.2, 0.25) is 0 Å². The number of rotatable bonds is 5. The summed E-state index contributed by atoms with van der Waals surface area (Å²) < 4.78 is 0. The van der Waals surface area contributed by atoms with Gasteiger partial charge in [0.05, 0.1) is 0 Å². The van der Waals surface area contributed by atoms with Gasteiger partial charge in [0, 0.05) is 24.0 Å². The van der Waals surface area contributed by atoms with Gasteiger partial charge in [0.15, 0.2) is 0 Å². The summed E-state index contributed by atoms with van der Waals surface area (Å²) in [6.07, 6.45) is 14.1. The van der Waals surface area contributed by atoms with Crippen LogP contribution < -0.4 is 11.3 Å². The van der Waals surface area contributed by atoms with Crippen molar-refractivity contribution in [1.82, 2.24) is 15.3 Å². The lowest BCUT2D eigenvalue weighted by Gasteiger charge is -2.48. The number of nitrogens with zero attached hydrogens (tertiary/aromatic N) is 2. The summed E-state index contributed by atoms with van der Waals surface area (Å²) in [6.45, 7) is 2.49. The minimum Gasteiger partial charge on any atom is -0.296 e. The Bertz CT molecular complexity index is 422. The van der Waals surface area contributed by atoms with Crippen LogP contribution in [0.3, 0.4) is 0 Å². The minimum atomic E-state index is 0.262. The molecular weight excluding hydrogens is 260 g/mol. The van der Waals surface area contributed by atoms with Crippen molar-refractivity contribution in [2.45, 2.75) is 62.9 Å². The molecule has 4 nitrogen and oxygen atoms in total. The summed E-state index contributed by atoms with van der Waals surface area (Å²) in [4.78, 5) is 6.87. The molecule has 1 saturated heterocycles. The molecule has 1 atom stereocenters. The Labute approximate surface area is 128 Å². The van der Waals surface area contributed by atoms with Crippen LogP contribution >= 0.6 is 0 Å². The van der Waals surface area contributed by atoms with E-state index in [1.54, 1.807) is 0 Å². The predicted octanol–water partition coefficient (Wildman–Crippen LogP) is 2.25. The third-order valence-electron chi connectivity index (χ3n) is 5.49. The van der Waals surface area contributed by atoms with Crippen LogP contribution in [0.15, 0.2) is 24.5 Å². The monoisotopic (exact) mass is 288 g/mol. The first-order chi connectivity index (χ1) is 10.3. The molecule has 2 aliphatic rings. The van der Waals surface area contributed by atoms with E-state index in [1.165, 1.54) is 63.6 Å². The van der Waals surface area contributed by atoms with Crippen LogP contribution in [-0.4, -0.2) is 34.6 Å². The summed E-state index contributed by atoms with van der Waals surface area (Å²) in [5.41, 5.74) is 4.76. The largest absolute Gasteiger partial charge is 0.296 e. The number of nitrogens with one attached hydrogen (secondary N) is 1. The van der Waals surface area contributed by atoms with E-state index in [0.29, 0.717) is 6.04 Å². The molecular formula is C17H28N4. The Morgan fingerprint density at radius 1 is 1.10 bits per heavy atom. The molecule has 21 heavy (non-hydrogen) atoms. The van der Waals surface area contributed by atoms with E-state index in [2.05, 4.69) is 27.4 Å². The molecule has 1 aliphatic carbocycles. The van der Waals surface area contributed by atoms with Crippen LogP contribution in [0.1, 0.15) is 50.5 Å². The van der Waals surface area contributed by atoms with E-state index in [9.17, 15) is 0 Å². The standard InChI is InChI=1S/C17H28N4/c18-20-16(14-15-6-10-19-11-7-15)17(8-2-3-9-17)21-12-4-1-5-13-21/h6-7,10-11,16,20H,1-5,8-9,12-14,18H2. The number of nitrogens with two attached hydrogens (primary N) is 1. The van der Waals surface area contributed by atoms with Crippen molar-refractivity contribution in [3.05, 3.63) is 30.1 Å². The Balaban J connectivity index is 1.80. The highest BCUT2D eigenvalue weighted by molar-refractivity contribution is 5.15. The quantitative estimate of drug-likeness (QED) is 0.644. The summed E-state index contributed by atoms with van der Waals surface area (Å²) in [7, 11) is 0. The smallest absolute Gasteiger partial charge is 0.0435 e. The second-order valence-corrected chi connectivity index (χ2v) is 6.64. The fourth-order valence-electron chi connectivity index (χ4n) is 4.37. The number of aromatic nitrogens is 1. The average molecular weight is 288 g/mol. The molecule has 0 bridgehead atoms. The molecule has 4 heteroatoms. The van der Waals surface area contributed by atoms with E-state index < -0.39 is 0 Å². The number of hydrogen-bond donors (Lipinski definition) is 2. The molecule has 116 valence electrons. The lowest BCUT2D eigenvalue weighted by Crippen LogP contribution is -2.63. The molecule has 1 aromatic rings. The third-order valence-corrected chi connectivity index (χ3v) is 5.49. The van der Waals surface area contributed by atoms with Gasteiger partial charge in [-0.1, -0.05) is 19.3 Å². The van der Waals surface area contributed by atoms with Gasteiger partial charge in [-0.15, -0.1) is 0 Å². The zero-order chi connectivity index (χ0) is 14.5. The molecule has 2 heterocycles. The van der Waals surface area contributed by atoms with E-state index in [-0.39, 0.29) is 5.54 Å². The Morgan fingerprint density at radius 3 is 2.38 bits per heavy atom. The predicted molar refractivity (Wildman–Crippen MR) is 85.7 cm³/mol. The van der Waals surface area contributed by atoms with Crippen LogP contribution in [0.4, 0.5) is 0 Å². The first-order valence-electron chi connectivity index (χ1n) is 8.45. The highest BCUT2D eigenvalue weighted by atomic mass is 15.3.